The number of aromatic carboxylic acids is 1. The van der Waals surface area contributed by atoms with Gasteiger partial charge in [-0.1, -0.05) is 12.1 Å². The molecular formula is C18H20O5. The molecule has 0 atom stereocenters. The predicted octanol–water partition coefficient (Wildman–Crippen LogP) is 3.63. The lowest BCUT2D eigenvalue weighted by Gasteiger charge is -2.10. The van der Waals surface area contributed by atoms with Crippen molar-refractivity contribution in [1.82, 2.24) is 0 Å². The van der Waals surface area contributed by atoms with E-state index in [2.05, 4.69) is 0 Å². The molecule has 2 rings (SSSR count). The average Bonchev–Trinajstić information content (AvgIpc) is 2.56. The molecule has 5 heteroatoms. The average molecular weight is 316 g/mol. The van der Waals surface area contributed by atoms with E-state index in [0.29, 0.717) is 32.0 Å². The van der Waals surface area contributed by atoms with E-state index in [-0.39, 0.29) is 5.56 Å². The molecule has 1 N–H and O–H groups in total. The van der Waals surface area contributed by atoms with Crippen LogP contribution in [-0.4, -0.2) is 30.9 Å². The maximum Gasteiger partial charge on any atom is 0.339 e. The Morgan fingerprint density at radius 1 is 0.913 bits per heavy atom. The highest BCUT2D eigenvalue weighted by molar-refractivity contribution is 5.90. The van der Waals surface area contributed by atoms with Crippen molar-refractivity contribution >= 4 is 5.97 Å². The molecular weight excluding hydrogens is 296 g/mol. The Morgan fingerprint density at radius 2 is 1.52 bits per heavy atom. The lowest BCUT2D eigenvalue weighted by molar-refractivity contribution is 0.0692. The van der Waals surface area contributed by atoms with E-state index in [1.165, 1.54) is 6.07 Å². The van der Waals surface area contributed by atoms with Crippen LogP contribution in [0.2, 0.25) is 0 Å². The fourth-order valence-corrected chi connectivity index (χ4v) is 2.00. The van der Waals surface area contributed by atoms with E-state index in [1.54, 1.807) is 18.2 Å². The van der Waals surface area contributed by atoms with Crippen molar-refractivity contribution in [3.05, 3.63) is 54.1 Å². The quantitative estimate of drug-likeness (QED) is 0.716. The van der Waals surface area contributed by atoms with Gasteiger partial charge in [0.05, 0.1) is 19.8 Å². The summed E-state index contributed by atoms with van der Waals surface area (Å²) in [5.41, 5.74) is 0.167. The molecule has 0 heterocycles. The largest absolute Gasteiger partial charge is 0.494 e. The summed E-state index contributed by atoms with van der Waals surface area (Å²) < 4.78 is 16.5. The molecule has 0 amide bonds. The number of rotatable bonds is 9. The summed E-state index contributed by atoms with van der Waals surface area (Å²) in [6.07, 6.45) is 0.654. The van der Waals surface area contributed by atoms with Crippen LogP contribution in [0.15, 0.2) is 48.5 Å². The number of ether oxygens (including phenoxy) is 3. The van der Waals surface area contributed by atoms with E-state index in [9.17, 15) is 4.79 Å². The normalized spacial score (nSPS) is 10.1. The molecule has 0 fully saturated rings. The molecule has 5 nitrogen and oxygen atoms in total. The van der Waals surface area contributed by atoms with Crippen molar-refractivity contribution in [3.8, 4) is 17.2 Å². The number of carbonyl (C=O) groups is 1. The lowest BCUT2D eigenvalue weighted by Crippen LogP contribution is -2.07. The SMILES string of the molecule is CCOc1ccc(OCCCOc2ccccc2C(=O)O)cc1. The summed E-state index contributed by atoms with van der Waals surface area (Å²) >= 11 is 0. The first-order chi connectivity index (χ1) is 11.2. The predicted molar refractivity (Wildman–Crippen MR) is 86.6 cm³/mol. The maximum atomic E-state index is 11.1. The first-order valence-corrected chi connectivity index (χ1v) is 7.51. The number of hydrogen-bond donors (Lipinski definition) is 1. The molecule has 23 heavy (non-hydrogen) atoms. The number of para-hydroxylation sites is 1. The van der Waals surface area contributed by atoms with E-state index in [4.69, 9.17) is 19.3 Å². The third-order valence-corrected chi connectivity index (χ3v) is 3.07. The summed E-state index contributed by atoms with van der Waals surface area (Å²) in [6, 6.07) is 14.0. The van der Waals surface area contributed by atoms with Gasteiger partial charge < -0.3 is 19.3 Å². The second-order valence-electron chi connectivity index (χ2n) is 4.76. The fraction of sp³-hybridized carbons (Fsp3) is 0.278. The standard InChI is InChI=1S/C18H20O5/c1-2-21-14-8-10-15(11-9-14)22-12-5-13-23-17-7-4-3-6-16(17)18(19)20/h3-4,6-11H,2,5,12-13H2,1H3,(H,19,20). The molecule has 0 aliphatic heterocycles. The minimum atomic E-state index is -0.994. The Morgan fingerprint density at radius 3 is 2.17 bits per heavy atom. The van der Waals surface area contributed by atoms with Crippen LogP contribution in [-0.2, 0) is 0 Å². The number of hydrogen-bond acceptors (Lipinski definition) is 4. The molecule has 0 aliphatic rings. The number of carboxylic acids is 1. The van der Waals surface area contributed by atoms with Gasteiger partial charge in [-0.05, 0) is 43.3 Å². The zero-order valence-corrected chi connectivity index (χ0v) is 13.0. The molecule has 0 saturated heterocycles. The third-order valence-electron chi connectivity index (χ3n) is 3.07. The molecule has 0 spiro atoms. The second kappa shape index (κ2) is 8.68. The Balaban J connectivity index is 1.73. The third kappa shape index (κ3) is 5.21. The van der Waals surface area contributed by atoms with Crippen LogP contribution in [0.5, 0.6) is 17.2 Å². The van der Waals surface area contributed by atoms with Crippen LogP contribution < -0.4 is 14.2 Å². The Kier molecular flexibility index (Phi) is 6.29. The Hall–Kier alpha value is -2.69. The Labute approximate surface area is 135 Å². The minimum Gasteiger partial charge on any atom is -0.494 e. The maximum absolute atomic E-state index is 11.1. The van der Waals surface area contributed by atoms with Crippen LogP contribution in [0.25, 0.3) is 0 Å². The molecule has 0 aliphatic carbocycles. The van der Waals surface area contributed by atoms with Crippen molar-refractivity contribution in [2.75, 3.05) is 19.8 Å². The van der Waals surface area contributed by atoms with E-state index < -0.39 is 5.97 Å². The van der Waals surface area contributed by atoms with Crippen LogP contribution in [0.3, 0.4) is 0 Å². The summed E-state index contributed by atoms with van der Waals surface area (Å²) in [5, 5.41) is 9.06. The molecule has 122 valence electrons. The van der Waals surface area contributed by atoms with Crippen LogP contribution in [0.1, 0.15) is 23.7 Å². The lowest BCUT2D eigenvalue weighted by atomic mass is 10.2. The van der Waals surface area contributed by atoms with Crippen LogP contribution >= 0.6 is 0 Å². The van der Waals surface area contributed by atoms with Gasteiger partial charge in [0, 0.05) is 6.42 Å². The minimum absolute atomic E-state index is 0.167. The molecule has 0 bridgehead atoms. The first kappa shape index (κ1) is 16.7. The van der Waals surface area contributed by atoms with E-state index in [0.717, 1.165) is 11.5 Å². The summed E-state index contributed by atoms with van der Waals surface area (Å²) in [6.45, 7) is 3.45. The van der Waals surface area contributed by atoms with Gasteiger partial charge in [0.25, 0.3) is 0 Å². The fourth-order valence-electron chi connectivity index (χ4n) is 2.00. The van der Waals surface area contributed by atoms with Gasteiger partial charge in [0.15, 0.2) is 0 Å². The smallest absolute Gasteiger partial charge is 0.339 e. The van der Waals surface area contributed by atoms with Crippen molar-refractivity contribution in [1.29, 1.82) is 0 Å². The highest BCUT2D eigenvalue weighted by Gasteiger charge is 2.09. The van der Waals surface area contributed by atoms with Gasteiger partial charge in [-0.2, -0.15) is 0 Å². The van der Waals surface area contributed by atoms with Gasteiger partial charge in [-0.15, -0.1) is 0 Å². The molecule has 0 saturated carbocycles. The number of carboxylic acid groups (broad SMARTS) is 1. The van der Waals surface area contributed by atoms with Gasteiger partial charge in [-0.3, -0.25) is 0 Å². The monoisotopic (exact) mass is 316 g/mol. The summed E-state index contributed by atoms with van der Waals surface area (Å²) in [5.74, 6) is 0.958. The zero-order chi connectivity index (χ0) is 16.5. The van der Waals surface area contributed by atoms with Crippen LogP contribution in [0, 0.1) is 0 Å². The Bertz CT molecular complexity index is 622. The number of benzene rings is 2. The van der Waals surface area contributed by atoms with Crippen molar-refractivity contribution in [2.24, 2.45) is 0 Å². The molecule has 0 unspecified atom stereocenters. The summed E-state index contributed by atoms with van der Waals surface area (Å²) in [7, 11) is 0. The topological polar surface area (TPSA) is 65.0 Å². The van der Waals surface area contributed by atoms with Gasteiger partial charge in [-0.25, -0.2) is 4.79 Å². The first-order valence-electron chi connectivity index (χ1n) is 7.51. The van der Waals surface area contributed by atoms with Crippen molar-refractivity contribution in [2.45, 2.75) is 13.3 Å². The van der Waals surface area contributed by atoms with E-state index in [1.807, 2.05) is 31.2 Å². The van der Waals surface area contributed by atoms with Crippen molar-refractivity contribution < 1.29 is 24.1 Å². The second-order valence-corrected chi connectivity index (χ2v) is 4.76. The van der Waals surface area contributed by atoms with E-state index >= 15 is 0 Å². The van der Waals surface area contributed by atoms with Gasteiger partial charge in [0.1, 0.15) is 22.8 Å². The molecule has 0 radical (unpaired) electrons. The van der Waals surface area contributed by atoms with Crippen LogP contribution in [0.4, 0.5) is 0 Å². The molecule has 0 aromatic heterocycles. The zero-order valence-electron chi connectivity index (χ0n) is 13.0. The van der Waals surface area contributed by atoms with Gasteiger partial charge in [0.2, 0.25) is 0 Å². The highest BCUT2D eigenvalue weighted by atomic mass is 16.5. The molecule has 2 aromatic carbocycles. The highest BCUT2D eigenvalue weighted by Crippen LogP contribution is 2.19. The molecule has 2 aromatic rings. The van der Waals surface area contributed by atoms with Gasteiger partial charge >= 0.3 is 5.97 Å². The van der Waals surface area contributed by atoms with Crippen molar-refractivity contribution in [3.63, 3.8) is 0 Å². The summed E-state index contributed by atoms with van der Waals surface area (Å²) in [4.78, 5) is 11.1.